The summed E-state index contributed by atoms with van der Waals surface area (Å²) in [5.41, 5.74) is 6.39. The third-order valence-corrected chi connectivity index (χ3v) is 8.12. The molecule has 0 radical (unpaired) electrons. The number of hydrogen-bond donors (Lipinski definition) is 0. The molecule has 1 aliphatic carbocycles. The normalized spacial score (nSPS) is 18.5. The first-order valence-electron chi connectivity index (χ1n) is 11.3. The average Bonchev–Trinajstić information content (AvgIpc) is 3.49. The number of hydrogen-bond acceptors (Lipinski definition) is 4. The molecule has 32 heavy (non-hydrogen) atoms. The molecule has 5 rings (SSSR count). The Morgan fingerprint density at radius 1 is 0.969 bits per heavy atom. The predicted octanol–water partition coefficient (Wildman–Crippen LogP) is 6.33. The maximum Gasteiger partial charge on any atom is 0.297 e. The van der Waals surface area contributed by atoms with Crippen LogP contribution in [0.2, 0.25) is 0 Å². The van der Waals surface area contributed by atoms with E-state index in [2.05, 4.69) is 24.3 Å². The van der Waals surface area contributed by atoms with E-state index in [0.717, 1.165) is 28.0 Å². The molecule has 3 aromatic rings. The Labute approximate surface area is 190 Å². The van der Waals surface area contributed by atoms with Gasteiger partial charge in [-0.05, 0) is 54.5 Å². The van der Waals surface area contributed by atoms with Crippen LogP contribution in [-0.4, -0.2) is 15.5 Å². The lowest BCUT2D eigenvalue weighted by Crippen LogP contribution is -2.12. The molecule has 2 aliphatic rings. The molecule has 1 atom stereocenters. The standard InChI is InChI=1S/C27H28O4S/c1-18-12-13-26(32(28,29)30-2)24(14-18)25-17-22-15-21(19-8-6-7-9-19)16-23(27(22)31-25)20-10-4-3-5-11-20/h3-5,10-16,19,25H,6-9,17H2,1-2H3. The summed E-state index contributed by atoms with van der Waals surface area (Å²) in [5.74, 6) is 1.45. The Bertz CT molecular complexity index is 1240. The fourth-order valence-corrected chi connectivity index (χ4v) is 6.02. The van der Waals surface area contributed by atoms with Crippen LogP contribution >= 0.6 is 0 Å². The van der Waals surface area contributed by atoms with Crippen LogP contribution in [0.1, 0.15) is 60.0 Å². The van der Waals surface area contributed by atoms with Gasteiger partial charge in [0.05, 0.1) is 7.11 Å². The van der Waals surface area contributed by atoms with Gasteiger partial charge in [0.15, 0.2) is 0 Å². The van der Waals surface area contributed by atoms with Gasteiger partial charge in [-0.15, -0.1) is 0 Å². The van der Waals surface area contributed by atoms with Gasteiger partial charge >= 0.3 is 0 Å². The number of ether oxygens (including phenoxy) is 1. The van der Waals surface area contributed by atoms with Crippen molar-refractivity contribution in [1.29, 1.82) is 0 Å². The molecule has 0 aromatic heterocycles. The van der Waals surface area contributed by atoms with Gasteiger partial charge in [-0.3, -0.25) is 4.18 Å². The Kier molecular flexibility index (Phi) is 5.56. The zero-order valence-corrected chi connectivity index (χ0v) is 19.3. The van der Waals surface area contributed by atoms with Crippen molar-refractivity contribution in [2.24, 2.45) is 0 Å². The Morgan fingerprint density at radius 2 is 1.72 bits per heavy atom. The minimum Gasteiger partial charge on any atom is -0.484 e. The first-order chi connectivity index (χ1) is 15.5. The van der Waals surface area contributed by atoms with Gasteiger partial charge in [0.25, 0.3) is 10.1 Å². The molecule has 1 unspecified atom stereocenters. The molecule has 3 aromatic carbocycles. The second-order valence-electron chi connectivity index (χ2n) is 8.88. The summed E-state index contributed by atoms with van der Waals surface area (Å²) in [6, 6.07) is 20.2. The van der Waals surface area contributed by atoms with E-state index in [9.17, 15) is 8.42 Å². The van der Waals surface area contributed by atoms with E-state index in [1.807, 2.05) is 31.2 Å². The van der Waals surface area contributed by atoms with E-state index in [4.69, 9.17) is 8.92 Å². The number of benzene rings is 3. The van der Waals surface area contributed by atoms with Crippen molar-refractivity contribution in [3.05, 3.63) is 82.9 Å². The molecule has 5 heteroatoms. The van der Waals surface area contributed by atoms with Crippen LogP contribution < -0.4 is 4.74 Å². The van der Waals surface area contributed by atoms with Gasteiger partial charge < -0.3 is 4.74 Å². The van der Waals surface area contributed by atoms with Crippen molar-refractivity contribution < 1.29 is 17.3 Å². The first-order valence-corrected chi connectivity index (χ1v) is 12.7. The van der Waals surface area contributed by atoms with E-state index in [1.54, 1.807) is 12.1 Å². The minimum absolute atomic E-state index is 0.181. The highest BCUT2D eigenvalue weighted by molar-refractivity contribution is 7.86. The smallest absolute Gasteiger partial charge is 0.297 e. The third kappa shape index (κ3) is 3.84. The summed E-state index contributed by atoms with van der Waals surface area (Å²) in [5, 5.41) is 0. The van der Waals surface area contributed by atoms with E-state index in [-0.39, 0.29) is 11.0 Å². The highest BCUT2D eigenvalue weighted by Crippen LogP contribution is 2.47. The van der Waals surface area contributed by atoms with Crippen LogP contribution in [0.25, 0.3) is 11.1 Å². The number of aryl methyl sites for hydroxylation is 1. The Hall–Kier alpha value is -2.63. The van der Waals surface area contributed by atoms with Crippen LogP contribution in [0.15, 0.2) is 65.6 Å². The number of fused-ring (bicyclic) bond motifs is 1. The Morgan fingerprint density at radius 3 is 2.44 bits per heavy atom. The van der Waals surface area contributed by atoms with Gasteiger partial charge in [-0.25, -0.2) is 0 Å². The van der Waals surface area contributed by atoms with E-state index in [1.165, 1.54) is 38.4 Å². The van der Waals surface area contributed by atoms with Gasteiger partial charge in [-0.2, -0.15) is 8.42 Å². The zero-order chi connectivity index (χ0) is 22.3. The molecule has 1 heterocycles. The summed E-state index contributed by atoms with van der Waals surface area (Å²) < 4.78 is 36.6. The molecule has 1 saturated carbocycles. The van der Waals surface area contributed by atoms with Crippen molar-refractivity contribution in [3.63, 3.8) is 0 Å². The van der Waals surface area contributed by atoms with E-state index in [0.29, 0.717) is 17.9 Å². The van der Waals surface area contributed by atoms with Crippen molar-refractivity contribution in [2.75, 3.05) is 7.11 Å². The number of rotatable bonds is 5. The van der Waals surface area contributed by atoms with Crippen LogP contribution in [0, 0.1) is 6.92 Å². The van der Waals surface area contributed by atoms with Gasteiger partial charge in [0, 0.05) is 17.5 Å². The monoisotopic (exact) mass is 448 g/mol. The molecular weight excluding hydrogens is 420 g/mol. The molecule has 0 spiro atoms. The molecule has 166 valence electrons. The molecule has 0 bridgehead atoms. The van der Waals surface area contributed by atoms with Crippen molar-refractivity contribution >= 4 is 10.1 Å². The zero-order valence-electron chi connectivity index (χ0n) is 18.5. The van der Waals surface area contributed by atoms with Crippen molar-refractivity contribution in [2.45, 2.75) is 55.9 Å². The highest BCUT2D eigenvalue weighted by atomic mass is 32.2. The van der Waals surface area contributed by atoms with Gasteiger partial charge in [0.1, 0.15) is 16.7 Å². The quantitative estimate of drug-likeness (QED) is 0.428. The molecule has 1 fully saturated rings. The highest BCUT2D eigenvalue weighted by Gasteiger charge is 2.33. The van der Waals surface area contributed by atoms with Crippen LogP contribution in [0.5, 0.6) is 5.75 Å². The minimum atomic E-state index is -3.83. The molecule has 0 amide bonds. The second kappa shape index (κ2) is 8.38. The molecule has 0 saturated heterocycles. The summed E-state index contributed by atoms with van der Waals surface area (Å²) >= 11 is 0. The summed E-state index contributed by atoms with van der Waals surface area (Å²) in [7, 11) is -2.63. The SMILES string of the molecule is COS(=O)(=O)c1ccc(C)cc1C1Cc2cc(C3CCCC3)cc(-c3ccccc3)c2O1. The topological polar surface area (TPSA) is 52.6 Å². The fourth-order valence-electron chi connectivity index (χ4n) is 5.13. The second-order valence-corrected chi connectivity index (χ2v) is 10.6. The average molecular weight is 449 g/mol. The molecule has 4 nitrogen and oxygen atoms in total. The predicted molar refractivity (Wildman–Crippen MR) is 126 cm³/mol. The Balaban J connectivity index is 1.61. The van der Waals surface area contributed by atoms with Crippen LogP contribution in [0.4, 0.5) is 0 Å². The summed E-state index contributed by atoms with van der Waals surface area (Å²) in [6.45, 7) is 1.96. The largest absolute Gasteiger partial charge is 0.484 e. The summed E-state index contributed by atoms with van der Waals surface area (Å²) in [6.07, 6.45) is 5.29. The fraction of sp³-hybridized carbons (Fsp3) is 0.333. The molecular formula is C27H28O4S. The van der Waals surface area contributed by atoms with E-state index >= 15 is 0 Å². The van der Waals surface area contributed by atoms with Crippen molar-refractivity contribution in [3.8, 4) is 16.9 Å². The third-order valence-electron chi connectivity index (χ3n) is 6.77. The maximum absolute atomic E-state index is 12.6. The van der Waals surface area contributed by atoms with Gasteiger partial charge in [0.2, 0.25) is 0 Å². The molecule has 1 aliphatic heterocycles. The summed E-state index contributed by atoms with van der Waals surface area (Å²) in [4.78, 5) is 0.181. The van der Waals surface area contributed by atoms with Gasteiger partial charge in [-0.1, -0.05) is 66.9 Å². The lowest BCUT2D eigenvalue weighted by atomic mass is 9.90. The maximum atomic E-state index is 12.6. The lowest BCUT2D eigenvalue weighted by Gasteiger charge is -2.18. The lowest BCUT2D eigenvalue weighted by molar-refractivity contribution is 0.235. The molecule has 0 N–H and O–H groups in total. The van der Waals surface area contributed by atoms with Crippen LogP contribution in [-0.2, 0) is 20.7 Å². The van der Waals surface area contributed by atoms with E-state index < -0.39 is 10.1 Å². The first kappa shape index (κ1) is 21.2. The van der Waals surface area contributed by atoms with Crippen molar-refractivity contribution in [1.82, 2.24) is 0 Å². The van der Waals surface area contributed by atoms with Crippen LogP contribution in [0.3, 0.4) is 0 Å².